The molecule has 0 fully saturated rings. The van der Waals surface area contributed by atoms with Crippen molar-refractivity contribution in [3.05, 3.63) is 34.1 Å². The van der Waals surface area contributed by atoms with Gasteiger partial charge < -0.3 is 19.6 Å². The van der Waals surface area contributed by atoms with Gasteiger partial charge in [0, 0.05) is 5.39 Å². The minimum absolute atomic E-state index is 0.119. The van der Waals surface area contributed by atoms with Crippen molar-refractivity contribution in [2.75, 3.05) is 13.7 Å². The van der Waals surface area contributed by atoms with Crippen molar-refractivity contribution in [2.24, 2.45) is 0 Å². The van der Waals surface area contributed by atoms with Gasteiger partial charge in [-0.05, 0) is 25.1 Å². The second-order valence-corrected chi connectivity index (χ2v) is 3.81. The van der Waals surface area contributed by atoms with Crippen molar-refractivity contribution in [2.45, 2.75) is 6.92 Å². The summed E-state index contributed by atoms with van der Waals surface area (Å²) in [5.41, 5.74) is -0.674. The van der Waals surface area contributed by atoms with Gasteiger partial charge in [0.25, 0.3) is 5.56 Å². The average molecular weight is 263 g/mol. The van der Waals surface area contributed by atoms with Crippen LogP contribution >= 0.6 is 0 Å². The number of esters is 1. The highest BCUT2D eigenvalue weighted by molar-refractivity contribution is 5.99. The summed E-state index contributed by atoms with van der Waals surface area (Å²) in [6.45, 7) is 1.74. The van der Waals surface area contributed by atoms with Crippen LogP contribution in [-0.2, 0) is 4.74 Å². The van der Waals surface area contributed by atoms with Gasteiger partial charge in [0.2, 0.25) is 0 Å². The summed E-state index contributed by atoms with van der Waals surface area (Å²) in [7, 11) is 1.48. The second kappa shape index (κ2) is 5.01. The van der Waals surface area contributed by atoms with Crippen LogP contribution in [0.5, 0.6) is 11.5 Å². The van der Waals surface area contributed by atoms with E-state index >= 15 is 0 Å². The molecule has 1 aromatic carbocycles. The Kier molecular flexibility index (Phi) is 3.41. The van der Waals surface area contributed by atoms with E-state index in [1.54, 1.807) is 19.1 Å². The summed E-state index contributed by atoms with van der Waals surface area (Å²) in [6.07, 6.45) is 0. The maximum Gasteiger partial charge on any atom is 0.347 e. The topological polar surface area (TPSA) is 88.6 Å². The van der Waals surface area contributed by atoms with E-state index in [1.807, 2.05) is 0 Å². The van der Waals surface area contributed by atoms with Crippen molar-refractivity contribution in [3.8, 4) is 11.5 Å². The number of aromatic hydroxyl groups is 1. The van der Waals surface area contributed by atoms with Gasteiger partial charge in [0.15, 0.2) is 5.56 Å². The van der Waals surface area contributed by atoms with E-state index in [-0.39, 0.29) is 6.61 Å². The molecule has 0 bridgehead atoms. The molecule has 19 heavy (non-hydrogen) atoms. The highest BCUT2D eigenvalue weighted by Crippen LogP contribution is 2.28. The number of ether oxygens (including phenoxy) is 2. The lowest BCUT2D eigenvalue weighted by Crippen LogP contribution is -2.20. The highest BCUT2D eigenvalue weighted by atomic mass is 16.5. The third kappa shape index (κ3) is 2.24. The Morgan fingerprint density at radius 2 is 2.16 bits per heavy atom. The number of carbonyl (C=O) groups excluding carboxylic acids is 1. The van der Waals surface area contributed by atoms with Gasteiger partial charge in [0.05, 0.1) is 19.2 Å². The summed E-state index contributed by atoms with van der Waals surface area (Å²) in [4.78, 5) is 25.9. The zero-order valence-electron chi connectivity index (χ0n) is 10.5. The quantitative estimate of drug-likeness (QED) is 0.817. The minimum Gasteiger partial charge on any atom is -0.506 e. The molecule has 100 valence electrons. The van der Waals surface area contributed by atoms with Crippen molar-refractivity contribution in [1.29, 1.82) is 0 Å². The number of aromatic nitrogens is 1. The molecule has 0 aliphatic carbocycles. The van der Waals surface area contributed by atoms with E-state index in [0.29, 0.717) is 16.7 Å². The number of hydrogen-bond donors (Lipinski definition) is 2. The molecular weight excluding hydrogens is 250 g/mol. The molecule has 6 nitrogen and oxygen atoms in total. The van der Waals surface area contributed by atoms with Crippen molar-refractivity contribution in [1.82, 2.24) is 4.98 Å². The first-order valence-corrected chi connectivity index (χ1v) is 5.68. The Balaban J connectivity index is 2.72. The van der Waals surface area contributed by atoms with Crippen LogP contribution in [0.4, 0.5) is 0 Å². The monoisotopic (exact) mass is 263 g/mol. The molecule has 0 radical (unpaired) electrons. The van der Waals surface area contributed by atoms with E-state index in [2.05, 4.69) is 4.98 Å². The lowest BCUT2D eigenvalue weighted by Gasteiger charge is -2.08. The molecule has 0 spiro atoms. The van der Waals surface area contributed by atoms with Crippen LogP contribution in [0.1, 0.15) is 17.3 Å². The number of benzene rings is 1. The molecule has 6 heteroatoms. The van der Waals surface area contributed by atoms with Crippen LogP contribution in [0, 0.1) is 0 Å². The lowest BCUT2D eigenvalue weighted by molar-refractivity contribution is 0.0521. The van der Waals surface area contributed by atoms with Crippen LogP contribution in [0.15, 0.2) is 23.0 Å². The molecule has 0 saturated heterocycles. The molecule has 2 rings (SSSR count). The maximum absolute atomic E-state index is 11.8. The Bertz CT molecular complexity index is 689. The van der Waals surface area contributed by atoms with Crippen LogP contribution in [0.25, 0.3) is 10.9 Å². The normalized spacial score (nSPS) is 10.4. The zero-order valence-corrected chi connectivity index (χ0v) is 10.5. The van der Waals surface area contributed by atoms with Gasteiger partial charge in [-0.1, -0.05) is 0 Å². The van der Waals surface area contributed by atoms with Gasteiger partial charge in [-0.25, -0.2) is 4.79 Å². The predicted molar refractivity (Wildman–Crippen MR) is 68.7 cm³/mol. The lowest BCUT2D eigenvalue weighted by atomic mass is 10.1. The number of nitrogens with one attached hydrogen (secondary N) is 1. The fraction of sp³-hybridized carbons (Fsp3) is 0.231. The average Bonchev–Trinajstić information content (AvgIpc) is 2.38. The smallest absolute Gasteiger partial charge is 0.347 e. The molecule has 0 atom stereocenters. The van der Waals surface area contributed by atoms with Crippen molar-refractivity contribution >= 4 is 16.9 Å². The fourth-order valence-corrected chi connectivity index (χ4v) is 1.77. The van der Waals surface area contributed by atoms with Crippen molar-refractivity contribution < 1.29 is 19.4 Å². The zero-order chi connectivity index (χ0) is 14.0. The number of hydrogen-bond acceptors (Lipinski definition) is 5. The molecule has 2 aromatic rings. The summed E-state index contributed by atoms with van der Waals surface area (Å²) >= 11 is 0. The third-order valence-corrected chi connectivity index (χ3v) is 2.67. The summed E-state index contributed by atoms with van der Waals surface area (Å²) in [6, 6.07) is 4.76. The van der Waals surface area contributed by atoms with Gasteiger partial charge >= 0.3 is 5.97 Å². The molecule has 0 aliphatic heterocycles. The first-order chi connectivity index (χ1) is 9.08. The predicted octanol–water partition coefficient (Wildman–Crippen LogP) is 1.42. The first kappa shape index (κ1) is 12.9. The number of rotatable bonds is 3. The summed E-state index contributed by atoms with van der Waals surface area (Å²) in [5, 5.41) is 10.4. The maximum atomic E-state index is 11.8. The number of methoxy groups -OCH3 is 1. The highest BCUT2D eigenvalue weighted by Gasteiger charge is 2.20. The van der Waals surface area contributed by atoms with E-state index in [4.69, 9.17) is 9.47 Å². The Labute approximate surface area is 108 Å². The van der Waals surface area contributed by atoms with Crippen molar-refractivity contribution in [3.63, 3.8) is 0 Å². The van der Waals surface area contributed by atoms with Crippen LogP contribution in [0.3, 0.4) is 0 Å². The first-order valence-electron chi connectivity index (χ1n) is 5.68. The van der Waals surface area contributed by atoms with Crippen LogP contribution < -0.4 is 10.3 Å². The van der Waals surface area contributed by atoms with Crippen LogP contribution in [-0.4, -0.2) is 29.8 Å². The molecule has 1 aromatic heterocycles. The fourth-order valence-electron chi connectivity index (χ4n) is 1.77. The van der Waals surface area contributed by atoms with E-state index in [9.17, 15) is 14.7 Å². The molecule has 0 aliphatic rings. The standard InChI is InChI=1S/C13H13NO5/c1-3-19-13(17)10-11(15)8-6-7(18-2)4-5-9(8)14-12(10)16/h4-6H,3H2,1-2H3,(H2,14,15,16). The molecule has 0 saturated carbocycles. The van der Waals surface area contributed by atoms with Gasteiger partial charge in [-0.15, -0.1) is 0 Å². The Morgan fingerprint density at radius 3 is 2.79 bits per heavy atom. The number of aromatic amines is 1. The second-order valence-electron chi connectivity index (χ2n) is 3.81. The largest absolute Gasteiger partial charge is 0.506 e. The molecule has 0 amide bonds. The molecule has 0 unspecified atom stereocenters. The summed E-state index contributed by atoms with van der Waals surface area (Å²) < 4.78 is 9.78. The molecule has 2 N–H and O–H groups in total. The van der Waals surface area contributed by atoms with Gasteiger partial charge in [-0.2, -0.15) is 0 Å². The SMILES string of the molecule is CCOC(=O)c1c(O)c2cc(OC)ccc2[nH]c1=O. The number of pyridine rings is 1. The minimum atomic E-state index is -0.856. The Morgan fingerprint density at radius 1 is 1.42 bits per heavy atom. The van der Waals surface area contributed by atoms with Gasteiger partial charge in [0.1, 0.15) is 11.5 Å². The molecule has 1 heterocycles. The molecular formula is C13H13NO5. The number of fused-ring (bicyclic) bond motifs is 1. The number of H-pyrrole nitrogens is 1. The number of carbonyl (C=O) groups is 1. The Hall–Kier alpha value is -2.50. The van der Waals surface area contributed by atoms with E-state index in [0.717, 1.165) is 0 Å². The van der Waals surface area contributed by atoms with Crippen LogP contribution in [0.2, 0.25) is 0 Å². The van der Waals surface area contributed by atoms with E-state index in [1.165, 1.54) is 13.2 Å². The third-order valence-electron chi connectivity index (χ3n) is 2.67. The van der Waals surface area contributed by atoms with Gasteiger partial charge in [-0.3, -0.25) is 4.79 Å². The van der Waals surface area contributed by atoms with E-state index < -0.39 is 22.8 Å². The summed E-state index contributed by atoms with van der Waals surface area (Å²) in [5.74, 6) is -0.758.